The molecule has 1 heterocycles. The van der Waals surface area contributed by atoms with Gasteiger partial charge in [-0.25, -0.2) is 31.0 Å². The molecule has 0 bridgehead atoms. The number of ether oxygens (including phenoxy) is 3. The van der Waals surface area contributed by atoms with Crippen molar-refractivity contribution in [2.24, 2.45) is 0 Å². The standard InChI is InChI=1S/C39H46IN7O9S2/c1-26(22-46(38(48)49)39(2,3)4)42-57(50,51)34-21-20-33(40)35(37-41-43-44-47(37)25-29-12-18-32(56-7)19-13-29)36(34)58(52,53)45(23-27-8-14-30(54-5)15-9-27)24-28-10-16-31(55-6)17-11-28/h8-21,26,42H,22-25H2,1-7H3,(H,48,49)/t26-/m1/s1. The van der Waals surface area contributed by atoms with Gasteiger partial charge in [0, 0.05) is 34.8 Å². The summed E-state index contributed by atoms with van der Waals surface area (Å²) in [7, 11) is -4.90. The van der Waals surface area contributed by atoms with Gasteiger partial charge in [-0.1, -0.05) is 36.4 Å². The molecule has 0 aliphatic rings. The number of rotatable bonds is 17. The monoisotopic (exact) mass is 947 g/mol. The number of aromatic nitrogens is 4. The van der Waals surface area contributed by atoms with Crippen LogP contribution in [-0.4, -0.2) is 96.9 Å². The molecule has 58 heavy (non-hydrogen) atoms. The van der Waals surface area contributed by atoms with Gasteiger partial charge in [0.15, 0.2) is 5.82 Å². The van der Waals surface area contributed by atoms with Crippen LogP contribution in [0.3, 0.4) is 0 Å². The van der Waals surface area contributed by atoms with Gasteiger partial charge in [-0.15, -0.1) is 5.10 Å². The fraction of sp³-hybridized carbons (Fsp3) is 0.333. The summed E-state index contributed by atoms with van der Waals surface area (Å²) in [5.41, 5.74) is 1.06. The predicted octanol–water partition coefficient (Wildman–Crippen LogP) is 5.86. The van der Waals surface area contributed by atoms with E-state index in [9.17, 15) is 18.3 Å². The van der Waals surface area contributed by atoms with E-state index in [-0.39, 0.29) is 37.6 Å². The van der Waals surface area contributed by atoms with Crippen molar-refractivity contribution in [3.05, 3.63) is 105 Å². The minimum atomic E-state index is -4.80. The Morgan fingerprint density at radius 3 is 1.74 bits per heavy atom. The third-order valence-corrected chi connectivity index (χ3v) is 13.6. The van der Waals surface area contributed by atoms with Gasteiger partial charge >= 0.3 is 6.09 Å². The number of carbonyl (C=O) groups is 1. The van der Waals surface area contributed by atoms with Crippen molar-refractivity contribution in [1.82, 2.24) is 34.1 Å². The molecule has 2 N–H and O–H groups in total. The van der Waals surface area contributed by atoms with Crippen LogP contribution in [-0.2, 0) is 39.7 Å². The Morgan fingerprint density at radius 1 is 0.810 bits per heavy atom. The largest absolute Gasteiger partial charge is 0.497 e. The second-order valence-corrected chi connectivity index (χ2v) is 19.0. The van der Waals surface area contributed by atoms with Gasteiger partial charge in [-0.2, -0.15) is 4.31 Å². The van der Waals surface area contributed by atoms with Crippen LogP contribution in [0.25, 0.3) is 11.4 Å². The molecule has 1 amide bonds. The van der Waals surface area contributed by atoms with Crippen LogP contribution < -0.4 is 18.9 Å². The number of tetrazole rings is 1. The van der Waals surface area contributed by atoms with Gasteiger partial charge < -0.3 is 24.2 Å². The first-order chi connectivity index (χ1) is 27.4. The van der Waals surface area contributed by atoms with Crippen molar-refractivity contribution < 1.29 is 40.9 Å². The highest BCUT2D eigenvalue weighted by Gasteiger charge is 2.38. The Morgan fingerprint density at radius 2 is 1.29 bits per heavy atom. The van der Waals surface area contributed by atoms with Gasteiger partial charge in [0.2, 0.25) is 20.0 Å². The van der Waals surface area contributed by atoms with Gasteiger partial charge in [0.25, 0.3) is 0 Å². The zero-order valence-corrected chi connectivity index (χ0v) is 36.9. The van der Waals surface area contributed by atoms with Crippen LogP contribution in [0.5, 0.6) is 17.2 Å². The summed E-state index contributed by atoms with van der Waals surface area (Å²) in [6.07, 6.45) is -1.24. The lowest BCUT2D eigenvalue weighted by molar-refractivity contribution is 0.0960. The number of benzene rings is 4. The van der Waals surface area contributed by atoms with Crippen LogP contribution in [0.15, 0.2) is 94.7 Å². The highest BCUT2D eigenvalue weighted by atomic mass is 127. The molecule has 19 heteroatoms. The number of nitrogens with one attached hydrogen (secondary N) is 1. The van der Waals surface area contributed by atoms with Gasteiger partial charge in [-0.05, 0) is 126 Å². The Bertz CT molecular complexity index is 2370. The van der Waals surface area contributed by atoms with E-state index >= 15 is 8.42 Å². The number of sulfonamides is 2. The first kappa shape index (κ1) is 44.3. The smallest absolute Gasteiger partial charge is 0.407 e. The van der Waals surface area contributed by atoms with Crippen molar-refractivity contribution in [3.63, 3.8) is 0 Å². The molecule has 5 rings (SSSR count). The maximum atomic E-state index is 15.6. The highest BCUT2D eigenvalue weighted by Crippen LogP contribution is 2.39. The second-order valence-electron chi connectivity index (χ2n) is 14.3. The van der Waals surface area contributed by atoms with Crippen LogP contribution in [0, 0.1) is 3.57 Å². The zero-order chi connectivity index (χ0) is 42.4. The Balaban J connectivity index is 1.72. The molecule has 0 aliphatic carbocycles. The molecule has 5 aromatic rings. The van der Waals surface area contributed by atoms with E-state index in [1.165, 1.54) is 42.3 Å². The van der Waals surface area contributed by atoms with E-state index in [1.807, 2.05) is 34.7 Å². The topological polar surface area (TPSA) is 195 Å². The molecule has 0 unspecified atom stereocenters. The molecule has 0 spiro atoms. The third-order valence-electron chi connectivity index (χ3n) is 9.09. The average Bonchev–Trinajstić information content (AvgIpc) is 3.63. The molecule has 16 nitrogen and oxygen atoms in total. The summed E-state index contributed by atoms with van der Waals surface area (Å²) in [6, 6.07) is 22.6. The van der Waals surface area contributed by atoms with E-state index in [1.54, 1.807) is 88.5 Å². The van der Waals surface area contributed by atoms with Gasteiger partial charge in [0.1, 0.15) is 27.0 Å². The Kier molecular flexibility index (Phi) is 14.0. The number of amides is 1. The lowest BCUT2D eigenvalue weighted by Gasteiger charge is -2.35. The second kappa shape index (κ2) is 18.4. The summed E-state index contributed by atoms with van der Waals surface area (Å²) in [4.78, 5) is 12.2. The van der Waals surface area contributed by atoms with Crippen molar-refractivity contribution in [1.29, 1.82) is 0 Å². The zero-order valence-electron chi connectivity index (χ0n) is 33.1. The van der Waals surface area contributed by atoms with Crippen LogP contribution in [0.4, 0.5) is 4.79 Å². The minimum absolute atomic E-state index is 0.00233. The quantitative estimate of drug-likeness (QED) is 0.106. The van der Waals surface area contributed by atoms with Crippen molar-refractivity contribution >= 4 is 48.7 Å². The summed E-state index contributed by atoms with van der Waals surface area (Å²) in [6.45, 7) is 6.13. The number of hydrogen-bond donors (Lipinski definition) is 2. The van der Waals surface area contributed by atoms with Crippen LogP contribution in [0.2, 0.25) is 0 Å². The maximum Gasteiger partial charge on any atom is 0.407 e. The SMILES string of the molecule is COc1ccc(CN(Cc2ccc(OC)cc2)S(=O)(=O)c2c(S(=O)(=O)N[C@H](C)CN(C(=O)O)C(C)(C)C)ccc(I)c2-c2nnnn2Cc2ccc(OC)cc2)cc1. The predicted molar refractivity (Wildman–Crippen MR) is 225 cm³/mol. The summed E-state index contributed by atoms with van der Waals surface area (Å²) in [5, 5.41) is 22.3. The van der Waals surface area contributed by atoms with E-state index in [0.29, 0.717) is 31.9 Å². The fourth-order valence-electron chi connectivity index (χ4n) is 6.11. The highest BCUT2D eigenvalue weighted by molar-refractivity contribution is 14.1. The van der Waals surface area contributed by atoms with Crippen molar-refractivity contribution in [2.75, 3.05) is 27.9 Å². The van der Waals surface area contributed by atoms with Gasteiger partial charge in [-0.3, -0.25) is 0 Å². The molecule has 1 atom stereocenters. The molecular weight excluding hydrogens is 902 g/mol. The molecule has 0 radical (unpaired) electrons. The molecule has 0 aliphatic heterocycles. The normalized spacial score (nSPS) is 12.6. The number of carboxylic acid groups (broad SMARTS) is 1. The number of halogens is 1. The lowest BCUT2D eigenvalue weighted by atomic mass is 10.1. The average molecular weight is 948 g/mol. The lowest BCUT2D eigenvalue weighted by Crippen LogP contribution is -2.51. The number of methoxy groups -OCH3 is 3. The molecule has 4 aromatic carbocycles. The number of nitrogens with zero attached hydrogens (tertiary/aromatic N) is 6. The fourth-order valence-corrected chi connectivity index (χ4v) is 10.6. The molecule has 1 aromatic heterocycles. The van der Waals surface area contributed by atoms with Crippen molar-refractivity contribution in [2.45, 2.75) is 68.7 Å². The first-order valence-electron chi connectivity index (χ1n) is 17.9. The van der Waals surface area contributed by atoms with E-state index in [2.05, 4.69) is 20.2 Å². The molecule has 0 fully saturated rings. The van der Waals surface area contributed by atoms with Crippen LogP contribution in [0.1, 0.15) is 44.4 Å². The molecule has 310 valence electrons. The van der Waals surface area contributed by atoms with E-state index < -0.39 is 47.5 Å². The Hall–Kier alpha value is -4.83. The van der Waals surface area contributed by atoms with Gasteiger partial charge in [0.05, 0.1) is 33.4 Å². The van der Waals surface area contributed by atoms with Crippen molar-refractivity contribution in [3.8, 4) is 28.6 Å². The summed E-state index contributed by atoms with van der Waals surface area (Å²) >= 11 is 1.95. The first-order valence-corrected chi connectivity index (χ1v) is 21.9. The maximum absolute atomic E-state index is 15.6. The van der Waals surface area contributed by atoms with E-state index in [0.717, 1.165) is 10.5 Å². The third kappa shape index (κ3) is 10.4. The molecular formula is C39H46IN7O9S2. The minimum Gasteiger partial charge on any atom is -0.497 e. The summed E-state index contributed by atoms with van der Waals surface area (Å²) in [5.74, 6) is 1.77. The molecule has 0 saturated carbocycles. The summed E-state index contributed by atoms with van der Waals surface area (Å²) < 4.78 is 81.7. The molecule has 0 saturated heterocycles. The number of hydrogen-bond acceptors (Lipinski definition) is 11. The van der Waals surface area contributed by atoms with E-state index in [4.69, 9.17) is 14.2 Å². The van der Waals surface area contributed by atoms with Crippen LogP contribution >= 0.6 is 22.6 Å². The Labute approximate surface area is 352 Å².